The third-order valence-corrected chi connectivity index (χ3v) is 4.48. The van der Waals surface area contributed by atoms with Gasteiger partial charge >= 0.3 is 0 Å². The second kappa shape index (κ2) is 10.0. The maximum absolute atomic E-state index is 12.1. The lowest BCUT2D eigenvalue weighted by atomic mass is 10.3. The Morgan fingerprint density at radius 3 is 2.88 bits per heavy atom. The van der Waals surface area contributed by atoms with Crippen LogP contribution in [0, 0.1) is 0 Å². The summed E-state index contributed by atoms with van der Waals surface area (Å²) < 4.78 is 1.58. The number of amides is 2. The first-order chi connectivity index (χ1) is 12.5. The topological polar surface area (TPSA) is 96.2 Å². The van der Waals surface area contributed by atoms with Gasteiger partial charge in [0.1, 0.15) is 6.54 Å². The van der Waals surface area contributed by atoms with Gasteiger partial charge < -0.3 is 20.3 Å². The number of carbonyl (C=O) groups excluding carboxylic acids is 2. The molecule has 0 aliphatic heterocycles. The van der Waals surface area contributed by atoms with Crippen LogP contribution in [-0.4, -0.2) is 38.8 Å². The Bertz CT molecular complexity index is 794. The van der Waals surface area contributed by atoms with E-state index in [1.807, 2.05) is 0 Å². The van der Waals surface area contributed by atoms with Crippen molar-refractivity contribution in [2.45, 2.75) is 18.3 Å². The van der Waals surface area contributed by atoms with Crippen LogP contribution < -0.4 is 10.6 Å². The summed E-state index contributed by atoms with van der Waals surface area (Å²) in [5, 5.41) is 15.8. The van der Waals surface area contributed by atoms with Crippen molar-refractivity contribution < 1.29 is 14.7 Å². The van der Waals surface area contributed by atoms with Crippen molar-refractivity contribution >= 4 is 40.9 Å². The second-order valence-electron chi connectivity index (χ2n) is 5.22. The van der Waals surface area contributed by atoms with Crippen LogP contribution in [0.25, 0.3) is 0 Å². The Hall–Kier alpha value is -2.29. The van der Waals surface area contributed by atoms with Crippen LogP contribution in [-0.2, 0) is 22.7 Å². The van der Waals surface area contributed by atoms with Gasteiger partial charge in [0.25, 0.3) is 0 Å². The number of imidazole rings is 1. The molecule has 2 rings (SSSR count). The number of anilines is 1. The van der Waals surface area contributed by atoms with Gasteiger partial charge in [-0.25, -0.2) is 4.98 Å². The highest BCUT2D eigenvalue weighted by molar-refractivity contribution is 7.99. The van der Waals surface area contributed by atoms with Gasteiger partial charge in [-0.3, -0.25) is 9.59 Å². The molecule has 0 unspecified atom stereocenters. The Morgan fingerprint density at radius 2 is 2.19 bits per heavy atom. The zero-order chi connectivity index (χ0) is 18.9. The minimum Gasteiger partial charge on any atom is -0.390 e. The first-order valence-corrected chi connectivity index (χ1v) is 9.11. The van der Waals surface area contributed by atoms with E-state index in [0.29, 0.717) is 28.1 Å². The quantitative estimate of drug-likeness (QED) is 0.447. The molecule has 2 aromatic rings. The number of aliphatic hydroxyl groups is 1. The van der Waals surface area contributed by atoms with Crippen molar-refractivity contribution in [1.29, 1.82) is 0 Å². The van der Waals surface area contributed by atoms with E-state index >= 15 is 0 Å². The van der Waals surface area contributed by atoms with E-state index in [0.717, 1.165) is 0 Å². The minimum absolute atomic E-state index is 0.00196. The SMILES string of the molecule is C=CCNC(=O)Cn1c(CO)cnc1SCC(=O)Nc1cccc(Cl)c1. The molecule has 0 aliphatic rings. The molecule has 0 radical (unpaired) electrons. The second-order valence-corrected chi connectivity index (χ2v) is 6.60. The summed E-state index contributed by atoms with van der Waals surface area (Å²) in [5.74, 6) is -0.362. The van der Waals surface area contributed by atoms with Crippen molar-refractivity contribution in [3.63, 3.8) is 0 Å². The highest BCUT2D eigenvalue weighted by Gasteiger charge is 2.14. The van der Waals surface area contributed by atoms with Crippen LogP contribution in [0.5, 0.6) is 0 Å². The number of aromatic nitrogens is 2. The van der Waals surface area contributed by atoms with Gasteiger partial charge in [0, 0.05) is 17.3 Å². The number of nitrogens with zero attached hydrogens (tertiary/aromatic N) is 2. The largest absolute Gasteiger partial charge is 0.390 e. The summed E-state index contributed by atoms with van der Waals surface area (Å²) in [6, 6.07) is 6.85. The van der Waals surface area contributed by atoms with Gasteiger partial charge in [-0.1, -0.05) is 35.5 Å². The third-order valence-electron chi connectivity index (χ3n) is 3.25. The molecule has 0 atom stereocenters. The fourth-order valence-electron chi connectivity index (χ4n) is 2.08. The van der Waals surface area contributed by atoms with Crippen molar-refractivity contribution in [1.82, 2.24) is 14.9 Å². The molecule has 0 saturated carbocycles. The predicted octanol–water partition coefficient (Wildman–Crippen LogP) is 2.06. The predicted molar refractivity (Wildman–Crippen MR) is 102 cm³/mol. The molecule has 2 amide bonds. The molecule has 0 spiro atoms. The summed E-state index contributed by atoms with van der Waals surface area (Å²) in [7, 11) is 0. The Morgan fingerprint density at radius 1 is 1.38 bits per heavy atom. The molecule has 1 aromatic carbocycles. The number of benzene rings is 1. The summed E-state index contributed by atoms with van der Waals surface area (Å²) in [5.41, 5.74) is 1.10. The number of halogens is 1. The van der Waals surface area contributed by atoms with E-state index in [-0.39, 0.29) is 30.7 Å². The van der Waals surface area contributed by atoms with Crippen molar-refractivity contribution in [2.24, 2.45) is 0 Å². The third kappa shape index (κ3) is 5.91. The van der Waals surface area contributed by atoms with Crippen molar-refractivity contribution in [3.8, 4) is 0 Å². The Labute approximate surface area is 160 Å². The number of hydrogen-bond donors (Lipinski definition) is 3. The minimum atomic E-state index is -0.253. The average molecular weight is 395 g/mol. The maximum Gasteiger partial charge on any atom is 0.240 e. The van der Waals surface area contributed by atoms with Crippen LogP contribution in [0.15, 0.2) is 48.3 Å². The molecule has 0 saturated heterocycles. The van der Waals surface area contributed by atoms with E-state index in [9.17, 15) is 14.7 Å². The van der Waals surface area contributed by atoms with Crippen LogP contribution in [0.4, 0.5) is 5.69 Å². The smallest absolute Gasteiger partial charge is 0.240 e. The van der Waals surface area contributed by atoms with E-state index in [2.05, 4.69) is 22.2 Å². The number of carbonyl (C=O) groups is 2. The number of hydrogen-bond acceptors (Lipinski definition) is 5. The summed E-state index contributed by atoms with van der Waals surface area (Å²) >= 11 is 7.06. The molecule has 1 aromatic heterocycles. The molecule has 1 heterocycles. The standard InChI is InChI=1S/C17H19ClN4O3S/c1-2-6-19-15(24)9-22-14(10-23)8-20-17(22)26-11-16(25)21-13-5-3-4-12(18)7-13/h2-5,7-8,23H,1,6,9-11H2,(H,19,24)(H,21,25). The lowest BCUT2D eigenvalue weighted by Gasteiger charge is -2.10. The molecule has 138 valence electrons. The van der Waals surface area contributed by atoms with Gasteiger partial charge in [-0.05, 0) is 18.2 Å². The molecule has 0 fully saturated rings. The van der Waals surface area contributed by atoms with Crippen molar-refractivity contribution in [3.05, 3.63) is 53.8 Å². The number of rotatable bonds is 9. The van der Waals surface area contributed by atoms with E-state index in [4.69, 9.17) is 11.6 Å². The van der Waals surface area contributed by atoms with E-state index in [1.165, 1.54) is 18.0 Å². The maximum atomic E-state index is 12.1. The monoisotopic (exact) mass is 394 g/mol. The van der Waals surface area contributed by atoms with Crippen LogP contribution in [0.3, 0.4) is 0 Å². The highest BCUT2D eigenvalue weighted by atomic mass is 35.5. The number of thioether (sulfide) groups is 1. The average Bonchev–Trinajstić information content (AvgIpc) is 3.00. The van der Waals surface area contributed by atoms with E-state index < -0.39 is 0 Å². The molecule has 0 aliphatic carbocycles. The summed E-state index contributed by atoms with van der Waals surface area (Å²) in [6.45, 7) is 3.64. The fraction of sp³-hybridized carbons (Fsp3) is 0.235. The highest BCUT2D eigenvalue weighted by Crippen LogP contribution is 2.20. The van der Waals surface area contributed by atoms with Crippen LogP contribution >= 0.6 is 23.4 Å². The molecule has 0 bridgehead atoms. The van der Waals surface area contributed by atoms with Crippen molar-refractivity contribution in [2.75, 3.05) is 17.6 Å². The Kier molecular flexibility index (Phi) is 7.71. The van der Waals surface area contributed by atoms with Gasteiger partial charge in [0.2, 0.25) is 11.8 Å². The van der Waals surface area contributed by atoms with Gasteiger partial charge in [-0.2, -0.15) is 0 Å². The lowest BCUT2D eigenvalue weighted by molar-refractivity contribution is -0.121. The summed E-state index contributed by atoms with van der Waals surface area (Å²) in [6.07, 6.45) is 3.06. The summed E-state index contributed by atoms with van der Waals surface area (Å²) in [4.78, 5) is 28.2. The van der Waals surface area contributed by atoms with Gasteiger partial charge in [-0.15, -0.1) is 6.58 Å². The van der Waals surface area contributed by atoms with Gasteiger partial charge in [0.05, 0.1) is 24.3 Å². The zero-order valence-corrected chi connectivity index (χ0v) is 15.5. The molecule has 26 heavy (non-hydrogen) atoms. The first kappa shape index (κ1) is 20.0. The number of aliphatic hydroxyl groups excluding tert-OH is 1. The Balaban J connectivity index is 1.98. The molecular formula is C17H19ClN4O3S. The van der Waals surface area contributed by atoms with E-state index in [1.54, 1.807) is 34.9 Å². The first-order valence-electron chi connectivity index (χ1n) is 7.74. The normalized spacial score (nSPS) is 10.4. The van der Waals surface area contributed by atoms with Crippen LogP contribution in [0.2, 0.25) is 5.02 Å². The lowest BCUT2D eigenvalue weighted by Crippen LogP contribution is -2.28. The van der Waals surface area contributed by atoms with Crippen LogP contribution in [0.1, 0.15) is 5.69 Å². The molecular weight excluding hydrogens is 376 g/mol. The molecule has 9 heteroatoms. The molecule has 7 nitrogen and oxygen atoms in total. The molecule has 3 N–H and O–H groups in total. The fourth-order valence-corrected chi connectivity index (χ4v) is 3.07. The van der Waals surface area contributed by atoms with Gasteiger partial charge in [0.15, 0.2) is 5.16 Å². The zero-order valence-electron chi connectivity index (χ0n) is 13.9. The number of nitrogens with one attached hydrogen (secondary N) is 2.